The van der Waals surface area contributed by atoms with Gasteiger partial charge < -0.3 is 4.74 Å². The number of hydrogen-bond donors (Lipinski definition) is 1. The third kappa shape index (κ3) is 16.9. The van der Waals surface area contributed by atoms with Crippen LogP contribution >= 0.6 is 11.6 Å². The van der Waals surface area contributed by atoms with Crippen molar-refractivity contribution in [3.63, 3.8) is 0 Å². The van der Waals surface area contributed by atoms with E-state index in [2.05, 4.69) is 11.6 Å². The monoisotopic (exact) mass is 501 g/mol. The summed E-state index contributed by atoms with van der Waals surface area (Å²) in [5.41, 5.74) is 0.460. The van der Waals surface area contributed by atoms with Crippen LogP contribution in [0.4, 0.5) is 5.69 Å². The van der Waals surface area contributed by atoms with Crippen LogP contribution in [0.25, 0.3) is 0 Å². The molecule has 0 saturated carbocycles. The molecular formula is C26H44ClNO4S. The summed E-state index contributed by atoms with van der Waals surface area (Å²) in [6.07, 6.45) is 17.0. The SMILES string of the molecule is CCCCCCCCCCCCCCCCS(=O)(=O)Nc1cccc(OC(C)CC(=O)Cl)c1. The van der Waals surface area contributed by atoms with Crippen molar-refractivity contribution in [2.75, 3.05) is 10.5 Å². The summed E-state index contributed by atoms with van der Waals surface area (Å²) in [5.74, 6) is 0.616. The zero-order chi connectivity index (χ0) is 24.4. The highest BCUT2D eigenvalue weighted by molar-refractivity contribution is 7.92. The molecule has 0 amide bonds. The van der Waals surface area contributed by atoms with Crippen molar-refractivity contribution in [3.05, 3.63) is 24.3 Å². The summed E-state index contributed by atoms with van der Waals surface area (Å²) in [4.78, 5) is 11.0. The Balaban J connectivity index is 2.13. The minimum atomic E-state index is -3.40. The molecule has 0 saturated heterocycles. The van der Waals surface area contributed by atoms with E-state index in [1.165, 1.54) is 70.6 Å². The second-order valence-electron chi connectivity index (χ2n) is 9.03. The van der Waals surface area contributed by atoms with Gasteiger partial charge in [-0.3, -0.25) is 9.52 Å². The van der Waals surface area contributed by atoms with Gasteiger partial charge in [0.15, 0.2) is 0 Å². The van der Waals surface area contributed by atoms with Crippen LogP contribution in [0.5, 0.6) is 5.75 Å². The van der Waals surface area contributed by atoms with Gasteiger partial charge in [0, 0.05) is 6.07 Å². The second kappa shape index (κ2) is 18.1. The first-order chi connectivity index (χ1) is 15.8. The smallest absolute Gasteiger partial charge is 0.232 e. The summed E-state index contributed by atoms with van der Waals surface area (Å²) < 4.78 is 33.0. The standard InChI is InChI=1S/C26H44ClNO4S/c1-3-4-5-6-7-8-9-10-11-12-13-14-15-16-20-33(30,31)28-24-18-17-19-25(22-24)32-23(2)21-26(27)29/h17-19,22-23,28H,3-16,20-21H2,1-2H3. The van der Waals surface area contributed by atoms with Crippen LogP contribution in [0.15, 0.2) is 24.3 Å². The van der Waals surface area contributed by atoms with Gasteiger partial charge in [-0.25, -0.2) is 8.42 Å². The van der Waals surface area contributed by atoms with Crippen molar-refractivity contribution in [3.8, 4) is 5.75 Å². The van der Waals surface area contributed by atoms with Crippen molar-refractivity contribution in [2.24, 2.45) is 0 Å². The fourth-order valence-corrected chi connectivity index (χ4v) is 5.24. The maximum absolute atomic E-state index is 12.4. The predicted octanol–water partition coefficient (Wildman–Crippen LogP) is 7.83. The van der Waals surface area contributed by atoms with Crippen LogP contribution in [0, 0.1) is 0 Å². The molecule has 1 N–H and O–H groups in total. The van der Waals surface area contributed by atoms with Gasteiger partial charge in [-0.1, -0.05) is 96.5 Å². The molecule has 0 aliphatic carbocycles. The summed E-state index contributed by atoms with van der Waals surface area (Å²) >= 11 is 5.38. The van der Waals surface area contributed by atoms with Crippen molar-refractivity contribution in [2.45, 2.75) is 116 Å². The van der Waals surface area contributed by atoms with Gasteiger partial charge in [-0.2, -0.15) is 0 Å². The van der Waals surface area contributed by atoms with E-state index in [-0.39, 0.29) is 18.3 Å². The number of rotatable bonds is 21. The molecule has 33 heavy (non-hydrogen) atoms. The molecule has 0 aliphatic rings. The average Bonchev–Trinajstić information content (AvgIpc) is 2.73. The number of hydrogen-bond acceptors (Lipinski definition) is 4. The molecule has 0 bridgehead atoms. The first kappa shape index (κ1) is 29.8. The van der Waals surface area contributed by atoms with E-state index in [1.807, 2.05) is 0 Å². The van der Waals surface area contributed by atoms with Crippen molar-refractivity contribution in [1.29, 1.82) is 0 Å². The van der Waals surface area contributed by atoms with Crippen LogP contribution in [0.3, 0.4) is 0 Å². The third-order valence-corrected chi connectivity index (χ3v) is 7.19. The van der Waals surface area contributed by atoms with Crippen LogP contribution in [-0.2, 0) is 14.8 Å². The highest BCUT2D eigenvalue weighted by Crippen LogP contribution is 2.21. The van der Waals surface area contributed by atoms with E-state index in [4.69, 9.17) is 16.3 Å². The van der Waals surface area contributed by atoms with Crippen LogP contribution < -0.4 is 9.46 Å². The maximum Gasteiger partial charge on any atom is 0.232 e. The molecule has 0 aliphatic heterocycles. The van der Waals surface area contributed by atoms with E-state index in [9.17, 15) is 13.2 Å². The second-order valence-corrected chi connectivity index (χ2v) is 11.3. The number of unbranched alkanes of at least 4 members (excludes halogenated alkanes) is 13. The Hall–Kier alpha value is -1.27. The maximum atomic E-state index is 12.4. The summed E-state index contributed by atoms with van der Waals surface area (Å²) in [5, 5.41) is -0.465. The van der Waals surface area contributed by atoms with Gasteiger partial charge in [-0.15, -0.1) is 0 Å². The molecule has 190 valence electrons. The number of anilines is 1. The largest absolute Gasteiger partial charge is 0.490 e. The topological polar surface area (TPSA) is 72.5 Å². The Morgan fingerprint density at radius 3 is 1.94 bits per heavy atom. The zero-order valence-electron chi connectivity index (χ0n) is 20.6. The molecule has 1 aromatic rings. The Morgan fingerprint density at radius 1 is 0.909 bits per heavy atom. The van der Waals surface area contributed by atoms with Crippen LogP contribution in [0.1, 0.15) is 110 Å². The van der Waals surface area contributed by atoms with Gasteiger partial charge in [0.05, 0.1) is 17.9 Å². The lowest BCUT2D eigenvalue weighted by Gasteiger charge is -2.14. The number of carbonyl (C=O) groups is 1. The zero-order valence-corrected chi connectivity index (χ0v) is 22.2. The molecule has 1 aromatic carbocycles. The first-order valence-corrected chi connectivity index (χ1v) is 14.8. The predicted molar refractivity (Wildman–Crippen MR) is 140 cm³/mol. The Labute approximate surface area is 207 Å². The van der Waals surface area contributed by atoms with Crippen LogP contribution in [0.2, 0.25) is 0 Å². The lowest BCUT2D eigenvalue weighted by molar-refractivity contribution is -0.112. The van der Waals surface area contributed by atoms with E-state index in [0.29, 0.717) is 17.9 Å². The number of ether oxygens (including phenoxy) is 1. The molecule has 7 heteroatoms. The van der Waals surface area contributed by atoms with E-state index in [1.54, 1.807) is 31.2 Å². The molecule has 0 spiro atoms. The summed E-state index contributed by atoms with van der Waals surface area (Å²) in [6.45, 7) is 4.00. The Bertz CT molecular complexity index is 754. The average molecular weight is 502 g/mol. The molecule has 0 aromatic heterocycles. The lowest BCUT2D eigenvalue weighted by Crippen LogP contribution is -2.17. The van der Waals surface area contributed by atoms with E-state index in [0.717, 1.165) is 12.8 Å². The van der Waals surface area contributed by atoms with Gasteiger partial charge >= 0.3 is 0 Å². The molecule has 0 fully saturated rings. The fourth-order valence-electron chi connectivity index (χ4n) is 3.85. The number of nitrogens with one attached hydrogen (secondary N) is 1. The minimum Gasteiger partial charge on any atom is -0.490 e. The number of benzene rings is 1. The molecule has 1 atom stereocenters. The molecule has 5 nitrogen and oxygen atoms in total. The van der Waals surface area contributed by atoms with Crippen molar-refractivity contribution in [1.82, 2.24) is 0 Å². The lowest BCUT2D eigenvalue weighted by atomic mass is 10.0. The summed E-state index contributed by atoms with van der Waals surface area (Å²) in [7, 11) is -3.40. The Morgan fingerprint density at radius 2 is 1.42 bits per heavy atom. The quantitative estimate of drug-likeness (QED) is 0.137. The van der Waals surface area contributed by atoms with Gasteiger partial charge in [0.2, 0.25) is 15.3 Å². The highest BCUT2D eigenvalue weighted by Gasteiger charge is 2.12. The minimum absolute atomic E-state index is 0.0939. The van der Waals surface area contributed by atoms with Crippen LogP contribution in [-0.4, -0.2) is 25.5 Å². The van der Waals surface area contributed by atoms with Gasteiger partial charge in [0.1, 0.15) is 11.9 Å². The fraction of sp³-hybridized carbons (Fsp3) is 0.731. The van der Waals surface area contributed by atoms with Gasteiger partial charge in [-0.05, 0) is 37.1 Å². The Kier molecular flexibility index (Phi) is 16.3. The van der Waals surface area contributed by atoms with E-state index >= 15 is 0 Å². The number of carbonyl (C=O) groups excluding carboxylic acids is 1. The molecular weight excluding hydrogens is 458 g/mol. The molecule has 0 heterocycles. The first-order valence-electron chi connectivity index (χ1n) is 12.8. The van der Waals surface area contributed by atoms with Crippen molar-refractivity contribution < 1.29 is 17.9 Å². The van der Waals surface area contributed by atoms with Gasteiger partial charge in [0.25, 0.3) is 0 Å². The molecule has 1 rings (SSSR count). The normalized spacial score (nSPS) is 12.5. The third-order valence-electron chi connectivity index (χ3n) is 5.66. The molecule has 1 unspecified atom stereocenters. The number of halogens is 1. The van der Waals surface area contributed by atoms with E-state index < -0.39 is 15.3 Å². The summed E-state index contributed by atoms with van der Waals surface area (Å²) in [6, 6.07) is 6.75. The highest BCUT2D eigenvalue weighted by atomic mass is 35.5. The molecule has 0 radical (unpaired) electrons. The van der Waals surface area contributed by atoms with Crippen molar-refractivity contribution >= 4 is 32.6 Å². The number of sulfonamides is 1.